The van der Waals surface area contributed by atoms with Crippen LogP contribution in [0.5, 0.6) is 5.75 Å². The van der Waals surface area contributed by atoms with Gasteiger partial charge < -0.3 is 4.74 Å². The number of nitrogens with zero attached hydrogens (tertiary/aromatic N) is 1. The summed E-state index contributed by atoms with van der Waals surface area (Å²) in [6, 6.07) is 6.69. The predicted molar refractivity (Wildman–Crippen MR) is 117 cm³/mol. The number of carbonyl (C=O) groups is 3. The van der Waals surface area contributed by atoms with E-state index < -0.39 is 0 Å². The summed E-state index contributed by atoms with van der Waals surface area (Å²) in [7, 11) is 0. The Kier molecular flexibility index (Phi) is 6.17. The van der Waals surface area contributed by atoms with E-state index in [0.29, 0.717) is 17.9 Å². The van der Waals surface area contributed by atoms with Crippen LogP contribution in [0, 0.1) is 23.7 Å². The largest absolute Gasteiger partial charge is 0.427 e. The number of carbonyl (C=O) groups excluding carboxylic acids is 3. The zero-order valence-electron chi connectivity index (χ0n) is 16.4. The highest BCUT2D eigenvalue weighted by Gasteiger charge is 2.66. The molecule has 3 fully saturated rings. The molecule has 6 atom stereocenters. The van der Waals surface area contributed by atoms with E-state index in [4.69, 9.17) is 4.74 Å². The summed E-state index contributed by atoms with van der Waals surface area (Å²) in [5.74, 6) is -0.0752. The Labute approximate surface area is 187 Å². The van der Waals surface area contributed by atoms with E-state index in [9.17, 15) is 14.4 Å². The number of imide groups is 1. The Hall–Kier alpha value is -1.21. The fourth-order valence-electron chi connectivity index (χ4n) is 5.15. The number of halogens is 2. The van der Waals surface area contributed by atoms with Gasteiger partial charge in [-0.15, -0.1) is 0 Å². The Balaban J connectivity index is 1.42. The van der Waals surface area contributed by atoms with Crippen LogP contribution < -0.4 is 9.64 Å². The number of anilines is 1. The van der Waals surface area contributed by atoms with Crippen LogP contribution in [0.2, 0.25) is 0 Å². The molecule has 29 heavy (non-hydrogen) atoms. The average Bonchev–Trinajstić information content (AvgIpc) is 3.31. The molecule has 4 rings (SSSR count). The smallest absolute Gasteiger partial charge is 0.311 e. The molecule has 0 aromatic heterocycles. The van der Waals surface area contributed by atoms with E-state index >= 15 is 0 Å². The highest BCUT2D eigenvalue weighted by atomic mass is 79.9. The van der Waals surface area contributed by atoms with Crippen LogP contribution in [0.15, 0.2) is 24.3 Å². The van der Waals surface area contributed by atoms with Gasteiger partial charge in [-0.2, -0.15) is 0 Å². The summed E-state index contributed by atoms with van der Waals surface area (Å²) in [5, 5.41) is 0. The number of esters is 1. The first kappa shape index (κ1) is 21.0. The van der Waals surface area contributed by atoms with Gasteiger partial charge in [0.1, 0.15) is 5.75 Å². The zero-order valence-corrected chi connectivity index (χ0v) is 19.5. The van der Waals surface area contributed by atoms with Crippen LogP contribution in [0.1, 0.15) is 45.4 Å². The first-order valence-electron chi connectivity index (χ1n) is 10.4. The molecule has 0 spiro atoms. The van der Waals surface area contributed by atoms with Crippen molar-refractivity contribution in [3.05, 3.63) is 24.3 Å². The molecule has 2 saturated carbocycles. The third-order valence-electron chi connectivity index (χ3n) is 6.55. The Morgan fingerprint density at radius 3 is 2.14 bits per heavy atom. The summed E-state index contributed by atoms with van der Waals surface area (Å²) >= 11 is 7.40. The third kappa shape index (κ3) is 3.69. The first-order valence-corrected chi connectivity index (χ1v) is 12.2. The molecule has 2 amide bonds. The van der Waals surface area contributed by atoms with Crippen molar-refractivity contribution >= 4 is 55.3 Å². The molecule has 2 aliphatic carbocycles. The molecule has 1 aromatic carbocycles. The van der Waals surface area contributed by atoms with Crippen LogP contribution in [-0.2, 0) is 14.4 Å². The minimum absolute atomic E-state index is 0.1000. The molecular weight excluding hydrogens is 502 g/mol. The lowest BCUT2D eigenvalue weighted by Crippen LogP contribution is -2.37. The second-order valence-electron chi connectivity index (χ2n) is 8.29. The quantitative estimate of drug-likeness (QED) is 0.167. The molecule has 1 saturated heterocycles. The zero-order chi connectivity index (χ0) is 20.7. The third-order valence-corrected chi connectivity index (χ3v) is 9.75. The standard InChI is InChI=1S/C22H25Br2NO4/c1-2-3-4-5-6-16(26)29-13-9-7-12(8-10-13)25-21(27)17-14-11-15(18(17)22(25)28)20(24)19(14)23/h7-10,14-15,17-20H,2-6,11H2,1H3/t14-,15+,17-,18+,19-,20+. The van der Waals surface area contributed by atoms with Crippen molar-refractivity contribution in [2.75, 3.05) is 4.90 Å². The van der Waals surface area contributed by atoms with Gasteiger partial charge in [-0.1, -0.05) is 58.0 Å². The van der Waals surface area contributed by atoms with Crippen LogP contribution in [0.25, 0.3) is 0 Å². The molecule has 156 valence electrons. The van der Waals surface area contributed by atoms with Gasteiger partial charge in [0.2, 0.25) is 11.8 Å². The molecule has 5 nitrogen and oxygen atoms in total. The number of hydrogen-bond donors (Lipinski definition) is 0. The van der Waals surface area contributed by atoms with E-state index in [1.807, 2.05) is 0 Å². The predicted octanol–water partition coefficient (Wildman–Crippen LogP) is 4.84. The number of fused-ring (bicyclic) bond motifs is 5. The minimum atomic E-state index is -0.250. The van der Waals surface area contributed by atoms with Gasteiger partial charge in [0.05, 0.1) is 17.5 Å². The Morgan fingerprint density at radius 2 is 1.59 bits per heavy atom. The normalized spacial score (nSPS) is 32.7. The highest BCUT2D eigenvalue weighted by Crippen LogP contribution is 2.60. The van der Waals surface area contributed by atoms with Gasteiger partial charge >= 0.3 is 5.97 Å². The van der Waals surface area contributed by atoms with Crippen LogP contribution in [0.4, 0.5) is 5.69 Å². The first-order chi connectivity index (χ1) is 13.9. The summed E-state index contributed by atoms with van der Waals surface area (Å²) in [6.07, 6.45) is 5.42. The van der Waals surface area contributed by atoms with Crippen molar-refractivity contribution in [3.8, 4) is 5.75 Å². The summed E-state index contributed by atoms with van der Waals surface area (Å²) < 4.78 is 5.37. The number of unbranched alkanes of at least 4 members (excludes halogenated alkanes) is 3. The van der Waals surface area contributed by atoms with Gasteiger partial charge in [0.25, 0.3) is 0 Å². The van der Waals surface area contributed by atoms with Crippen molar-refractivity contribution in [3.63, 3.8) is 0 Å². The molecule has 1 aromatic rings. The lowest BCUT2D eigenvalue weighted by Gasteiger charge is -2.28. The van der Waals surface area contributed by atoms with E-state index in [1.54, 1.807) is 24.3 Å². The molecule has 7 heteroatoms. The molecule has 0 unspecified atom stereocenters. The average molecular weight is 527 g/mol. The fraction of sp³-hybridized carbons (Fsp3) is 0.591. The van der Waals surface area contributed by atoms with Gasteiger partial charge in [-0.05, 0) is 48.9 Å². The van der Waals surface area contributed by atoms with E-state index in [2.05, 4.69) is 38.8 Å². The lowest BCUT2D eigenvalue weighted by molar-refractivity contribution is -0.134. The number of rotatable bonds is 7. The van der Waals surface area contributed by atoms with Gasteiger partial charge in [-0.3, -0.25) is 19.3 Å². The molecule has 1 aliphatic heterocycles. The monoisotopic (exact) mass is 525 g/mol. The maximum Gasteiger partial charge on any atom is 0.311 e. The van der Waals surface area contributed by atoms with Gasteiger partial charge in [0, 0.05) is 16.1 Å². The number of amides is 2. The van der Waals surface area contributed by atoms with Gasteiger partial charge in [-0.25, -0.2) is 0 Å². The van der Waals surface area contributed by atoms with Crippen molar-refractivity contribution in [1.29, 1.82) is 0 Å². The van der Waals surface area contributed by atoms with Crippen molar-refractivity contribution in [2.24, 2.45) is 23.7 Å². The fourth-order valence-corrected chi connectivity index (χ4v) is 7.02. The van der Waals surface area contributed by atoms with Crippen molar-refractivity contribution in [2.45, 2.75) is 55.1 Å². The van der Waals surface area contributed by atoms with Crippen LogP contribution in [0.3, 0.4) is 0 Å². The summed E-state index contributed by atoms with van der Waals surface area (Å²) in [4.78, 5) is 39.8. The van der Waals surface area contributed by atoms with Crippen LogP contribution in [-0.4, -0.2) is 27.4 Å². The molecule has 1 heterocycles. The number of benzene rings is 1. The second-order valence-corrected chi connectivity index (χ2v) is 10.4. The van der Waals surface area contributed by atoms with Gasteiger partial charge in [0.15, 0.2) is 0 Å². The van der Waals surface area contributed by atoms with E-state index in [0.717, 1.165) is 32.1 Å². The van der Waals surface area contributed by atoms with Crippen molar-refractivity contribution in [1.82, 2.24) is 0 Å². The maximum absolute atomic E-state index is 13.1. The number of hydrogen-bond acceptors (Lipinski definition) is 4. The molecular formula is C22H25Br2NO4. The van der Waals surface area contributed by atoms with Crippen LogP contribution >= 0.6 is 31.9 Å². The molecule has 0 N–H and O–H groups in total. The van der Waals surface area contributed by atoms with E-state index in [-0.39, 0.29) is 51.1 Å². The topological polar surface area (TPSA) is 63.7 Å². The Bertz CT molecular complexity index is 780. The lowest BCUT2D eigenvalue weighted by atomic mass is 9.81. The minimum Gasteiger partial charge on any atom is -0.427 e. The van der Waals surface area contributed by atoms with E-state index in [1.165, 1.54) is 4.90 Å². The number of alkyl halides is 2. The maximum atomic E-state index is 13.1. The summed E-state index contributed by atoms with van der Waals surface area (Å²) in [5.41, 5.74) is 0.550. The molecule has 3 aliphatic rings. The SMILES string of the molecule is CCCCCCC(=O)Oc1ccc(N2C(=O)[C@@H]3[C@H]4C[C@H]([C@H](Br)[C@@H]4Br)[C@@H]3C2=O)cc1. The van der Waals surface area contributed by atoms with Crippen molar-refractivity contribution < 1.29 is 19.1 Å². The second kappa shape index (κ2) is 8.50. The molecule has 2 bridgehead atoms. The molecule has 0 radical (unpaired) electrons. The Morgan fingerprint density at radius 1 is 1.00 bits per heavy atom. The summed E-state index contributed by atoms with van der Waals surface area (Å²) in [6.45, 7) is 2.13. The number of ether oxygens (including phenoxy) is 1. The highest BCUT2D eigenvalue weighted by molar-refractivity contribution is 9.12.